The Labute approximate surface area is 145 Å². The lowest BCUT2D eigenvalue weighted by atomic mass is 10.2. The molecule has 1 fully saturated rings. The molecule has 0 aromatic heterocycles. The summed E-state index contributed by atoms with van der Waals surface area (Å²) in [4.78, 5) is 34.7. The van der Waals surface area contributed by atoms with E-state index in [1.54, 1.807) is 24.3 Å². The molecule has 0 aliphatic heterocycles. The van der Waals surface area contributed by atoms with Crippen molar-refractivity contribution in [1.82, 2.24) is 5.32 Å². The van der Waals surface area contributed by atoms with E-state index < -0.39 is 17.9 Å². The molecule has 0 saturated heterocycles. The summed E-state index contributed by atoms with van der Waals surface area (Å²) in [6.07, 6.45) is 1.99. The Hall–Kier alpha value is -2.61. The van der Waals surface area contributed by atoms with Crippen molar-refractivity contribution in [2.24, 2.45) is 5.92 Å². The third-order valence-electron chi connectivity index (χ3n) is 3.66. The van der Waals surface area contributed by atoms with Crippen molar-refractivity contribution in [2.75, 3.05) is 25.6 Å². The monoisotopic (exact) mass is 350 g/mol. The largest absolute Gasteiger partial charge is 0.484 e. The van der Waals surface area contributed by atoms with Gasteiger partial charge in [0, 0.05) is 37.8 Å². The summed E-state index contributed by atoms with van der Waals surface area (Å²) >= 11 is 0. The molecule has 3 N–H and O–H groups in total. The van der Waals surface area contributed by atoms with Gasteiger partial charge in [0.1, 0.15) is 11.8 Å². The Bertz CT molecular complexity index is 629. The first-order valence-electron chi connectivity index (χ1n) is 8.04. The third kappa shape index (κ3) is 6.42. The molecule has 1 aliphatic carbocycles. The molecule has 0 spiro atoms. The second-order valence-corrected chi connectivity index (χ2v) is 5.82. The number of ether oxygens (including phenoxy) is 2. The summed E-state index contributed by atoms with van der Waals surface area (Å²) < 4.78 is 10.2. The predicted octanol–water partition coefficient (Wildman–Crippen LogP) is 1.02. The molecule has 1 aromatic rings. The molecule has 2 amide bonds. The van der Waals surface area contributed by atoms with Crippen LogP contribution in [0.3, 0.4) is 0 Å². The van der Waals surface area contributed by atoms with Gasteiger partial charge in [0.05, 0.1) is 0 Å². The molecule has 8 nitrogen and oxygen atoms in total. The van der Waals surface area contributed by atoms with Gasteiger partial charge in [-0.2, -0.15) is 0 Å². The quantitative estimate of drug-likeness (QED) is 0.580. The zero-order valence-corrected chi connectivity index (χ0v) is 14.0. The lowest BCUT2D eigenvalue weighted by Crippen LogP contribution is -2.43. The highest BCUT2D eigenvalue weighted by molar-refractivity contribution is 5.94. The zero-order chi connectivity index (χ0) is 18.2. The maximum Gasteiger partial charge on any atom is 0.326 e. The van der Waals surface area contributed by atoms with Crippen LogP contribution in [-0.2, 0) is 19.1 Å². The van der Waals surface area contributed by atoms with Gasteiger partial charge in [-0.3, -0.25) is 9.59 Å². The number of carboxylic acid groups (broad SMARTS) is 1. The molecular weight excluding hydrogens is 328 g/mol. The van der Waals surface area contributed by atoms with E-state index in [9.17, 15) is 14.4 Å². The first kappa shape index (κ1) is 18.7. The average molecular weight is 350 g/mol. The van der Waals surface area contributed by atoms with Crippen LogP contribution < -0.4 is 15.4 Å². The molecule has 25 heavy (non-hydrogen) atoms. The van der Waals surface area contributed by atoms with E-state index >= 15 is 0 Å². The van der Waals surface area contributed by atoms with Gasteiger partial charge in [-0.05, 0) is 25.0 Å². The van der Waals surface area contributed by atoms with Crippen LogP contribution in [0, 0.1) is 5.92 Å². The number of hydrogen-bond acceptors (Lipinski definition) is 5. The fourth-order valence-electron chi connectivity index (χ4n) is 2.13. The average Bonchev–Trinajstić information content (AvgIpc) is 3.42. The molecule has 0 radical (unpaired) electrons. The second-order valence-electron chi connectivity index (χ2n) is 5.82. The minimum absolute atomic E-state index is 0.0164. The first-order valence-corrected chi connectivity index (χ1v) is 8.04. The van der Waals surface area contributed by atoms with Crippen molar-refractivity contribution in [3.63, 3.8) is 0 Å². The standard InChI is InChI=1S/C17H22N2O6/c1-24-8-7-14(17(22)23)19-15(20)10-25-13-4-2-3-12(9-13)18-16(21)11-5-6-11/h2-4,9,11,14H,5-8,10H2,1H3,(H,18,21)(H,19,20)(H,22,23). The van der Waals surface area contributed by atoms with E-state index in [4.69, 9.17) is 14.6 Å². The van der Waals surface area contributed by atoms with Gasteiger partial charge in [-0.1, -0.05) is 6.07 Å². The number of carbonyl (C=O) groups is 3. The molecule has 136 valence electrons. The number of aliphatic carboxylic acids is 1. The van der Waals surface area contributed by atoms with Crippen LogP contribution in [-0.4, -0.2) is 49.3 Å². The van der Waals surface area contributed by atoms with Crippen molar-refractivity contribution < 1.29 is 29.0 Å². The first-order chi connectivity index (χ1) is 12.0. The number of carboxylic acids is 1. The molecule has 0 heterocycles. The van der Waals surface area contributed by atoms with Crippen LogP contribution in [0.2, 0.25) is 0 Å². The molecule has 1 aromatic carbocycles. The number of benzene rings is 1. The lowest BCUT2D eigenvalue weighted by molar-refractivity contribution is -0.142. The van der Waals surface area contributed by atoms with E-state index in [1.807, 2.05) is 0 Å². The summed E-state index contributed by atoms with van der Waals surface area (Å²) in [6.45, 7) is -0.0996. The Kier molecular flexibility index (Phi) is 6.76. The molecular formula is C17H22N2O6. The summed E-state index contributed by atoms with van der Waals surface area (Å²) in [5.41, 5.74) is 0.596. The van der Waals surface area contributed by atoms with E-state index in [0.29, 0.717) is 11.4 Å². The molecule has 1 unspecified atom stereocenters. The normalized spacial score (nSPS) is 14.4. The highest BCUT2D eigenvalue weighted by Crippen LogP contribution is 2.30. The van der Waals surface area contributed by atoms with Crippen LogP contribution in [0.15, 0.2) is 24.3 Å². The van der Waals surface area contributed by atoms with E-state index in [2.05, 4.69) is 10.6 Å². The smallest absolute Gasteiger partial charge is 0.326 e. The van der Waals surface area contributed by atoms with Crippen molar-refractivity contribution >= 4 is 23.5 Å². The van der Waals surface area contributed by atoms with Crippen molar-refractivity contribution in [2.45, 2.75) is 25.3 Å². The number of nitrogens with one attached hydrogen (secondary N) is 2. The minimum atomic E-state index is -1.13. The zero-order valence-electron chi connectivity index (χ0n) is 14.0. The Balaban J connectivity index is 1.82. The maximum absolute atomic E-state index is 11.8. The molecule has 8 heteroatoms. The van der Waals surface area contributed by atoms with Gasteiger partial charge in [0.25, 0.3) is 5.91 Å². The van der Waals surface area contributed by atoms with Crippen molar-refractivity contribution in [3.05, 3.63) is 24.3 Å². The van der Waals surface area contributed by atoms with Gasteiger partial charge in [0.2, 0.25) is 5.91 Å². The van der Waals surface area contributed by atoms with Gasteiger partial charge < -0.3 is 25.2 Å². The summed E-state index contributed by atoms with van der Waals surface area (Å²) in [5.74, 6) is -1.19. The van der Waals surface area contributed by atoms with Crippen LogP contribution in [0.5, 0.6) is 5.75 Å². The molecule has 1 atom stereocenters. The van der Waals surface area contributed by atoms with Gasteiger partial charge in [-0.25, -0.2) is 4.79 Å². The van der Waals surface area contributed by atoms with E-state index in [0.717, 1.165) is 12.8 Å². The predicted molar refractivity (Wildman–Crippen MR) is 89.4 cm³/mol. The highest BCUT2D eigenvalue weighted by Gasteiger charge is 2.29. The number of amides is 2. The van der Waals surface area contributed by atoms with Crippen molar-refractivity contribution in [3.8, 4) is 5.75 Å². The molecule has 1 aliphatic rings. The summed E-state index contributed by atoms with van der Waals surface area (Å²) in [7, 11) is 1.46. The maximum atomic E-state index is 11.8. The van der Waals surface area contributed by atoms with Crippen LogP contribution >= 0.6 is 0 Å². The Morgan fingerprint density at radius 1 is 1.32 bits per heavy atom. The van der Waals surface area contributed by atoms with E-state index in [-0.39, 0.29) is 31.5 Å². The molecule has 2 rings (SSSR count). The molecule has 0 bridgehead atoms. The molecule has 1 saturated carbocycles. The van der Waals surface area contributed by atoms with Gasteiger partial charge >= 0.3 is 5.97 Å². The number of rotatable bonds is 10. The lowest BCUT2D eigenvalue weighted by Gasteiger charge is -2.14. The summed E-state index contributed by atoms with van der Waals surface area (Å²) in [5, 5.41) is 14.2. The Morgan fingerprint density at radius 2 is 2.08 bits per heavy atom. The minimum Gasteiger partial charge on any atom is -0.484 e. The number of methoxy groups -OCH3 is 1. The third-order valence-corrected chi connectivity index (χ3v) is 3.66. The number of carbonyl (C=O) groups excluding carboxylic acids is 2. The number of anilines is 1. The number of hydrogen-bond donors (Lipinski definition) is 3. The SMILES string of the molecule is COCCC(NC(=O)COc1cccc(NC(=O)C2CC2)c1)C(=O)O. The van der Waals surface area contributed by atoms with Crippen LogP contribution in [0.4, 0.5) is 5.69 Å². The second kappa shape index (κ2) is 9.03. The summed E-state index contributed by atoms with van der Waals surface area (Å²) in [6, 6.07) is 5.68. The fourth-order valence-corrected chi connectivity index (χ4v) is 2.13. The van der Waals surface area contributed by atoms with Crippen LogP contribution in [0.25, 0.3) is 0 Å². The topological polar surface area (TPSA) is 114 Å². The Morgan fingerprint density at radius 3 is 2.72 bits per heavy atom. The van der Waals surface area contributed by atoms with Crippen molar-refractivity contribution in [1.29, 1.82) is 0 Å². The highest BCUT2D eigenvalue weighted by atomic mass is 16.5. The fraction of sp³-hybridized carbons (Fsp3) is 0.471. The van der Waals surface area contributed by atoms with Crippen LogP contribution in [0.1, 0.15) is 19.3 Å². The van der Waals surface area contributed by atoms with E-state index in [1.165, 1.54) is 7.11 Å². The van der Waals surface area contributed by atoms with Gasteiger partial charge in [-0.15, -0.1) is 0 Å². The van der Waals surface area contributed by atoms with Gasteiger partial charge in [0.15, 0.2) is 6.61 Å².